The summed E-state index contributed by atoms with van der Waals surface area (Å²) in [7, 11) is 1.28. The molecule has 1 unspecified atom stereocenters. The summed E-state index contributed by atoms with van der Waals surface area (Å²) in [5.41, 5.74) is 1.08. The summed E-state index contributed by atoms with van der Waals surface area (Å²) in [6.45, 7) is 0. The number of methoxy groups -OCH3 is 1. The number of carbonyl (C=O) groups excluding carboxylic acids is 2. The van der Waals surface area contributed by atoms with Gasteiger partial charge in [0.25, 0.3) is 5.91 Å². The SMILES string of the molecule is COC(=O)C(NC(=O)c1ccc(Cl)cc1)c1ccccc1. The summed E-state index contributed by atoms with van der Waals surface area (Å²) in [5.74, 6) is -0.894. The van der Waals surface area contributed by atoms with Gasteiger partial charge in [-0.05, 0) is 29.8 Å². The fourth-order valence-electron chi connectivity index (χ4n) is 1.86. The van der Waals surface area contributed by atoms with Crippen molar-refractivity contribution < 1.29 is 14.3 Å². The Kier molecular flexibility index (Phi) is 4.95. The second-order valence-electron chi connectivity index (χ2n) is 4.35. The van der Waals surface area contributed by atoms with Crippen LogP contribution in [-0.4, -0.2) is 19.0 Å². The fourth-order valence-corrected chi connectivity index (χ4v) is 1.98. The van der Waals surface area contributed by atoms with Gasteiger partial charge in [0.1, 0.15) is 0 Å². The Morgan fingerprint density at radius 2 is 1.67 bits per heavy atom. The lowest BCUT2D eigenvalue weighted by molar-refractivity contribution is -0.143. The summed E-state index contributed by atoms with van der Waals surface area (Å²) in [5, 5.41) is 3.20. The summed E-state index contributed by atoms with van der Waals surface area (Å²) in [6.07, 6.45) is 0. The summed E-state index contributed by atoms with van der Waals surface area (Å²) < 4.78 is 4.75. The first kappa shape index (κ1) is 15.1. The number of rotatable bonds is 4. The number of ether oxygens (including phenoxy) is 1. The topological polar surface area (TPSA) is 55.4 Å². The fraction of sp³-hybridized carbons (Fsp3) is 0.125. The molecule has 1 amide bonds. The zero-order valence-corrected chi connectivity index (χ0v) is 12.1. The van der Waals surface area contributed by atoms with Gasteiger partial charge in [-0.3, -0.25) is 4.79 Å². The molecule has 0 saturated carbocycles. The second-order valence-corrected chi connectivity index (χ2v) is 4.78. The van der Waals surface area contributed by atoms with Crippen molar-refractivity contribution in [2.75, 3.05) is 7.11 Å². The highest BCUT2D eigenvalue weighted by Gasteiger charge is 2.23. The first-order valence-electron chi connectivity index (χ1n) is 6.31. The smallest absolute Gasteiger partial charge is 0.333 e. The molecular formula is C16H14ClNO3. The van der Waals surface area contributed by atoms with E-state index in [4.69, 9.17) is 16.3 Å². The molecule has 2 rings (SSSR count). The van der Waals surface area contributed by atoms with Gasteiger partial charge in [-0.1, -0.05) is 41.9 Å². The number of hydrogen-bond acceptors (Lipinski definition) is 3. The summed E-state index contributed by atoms with van der Waals surface area (Å²) in [4.78, 5) is 24.1. The molecule has 0 aromatic heterocycles. The van der Waals surface area contributed by atoms with Crippen LogP contribution in [-0.2, 0) is 9.53 Å². The van der Waals surface area contributed by atoms with Crippen LogP contribution in [0, 0.1) is 0 Å². The molecule has 5 heteroatoms. The number of esters is 1. The molecule has 2 aromatic carbocycles. The average Bonchev–Trinajstić information content (AvgIpc) is 2.53. The van der Waals surface area contributed by atoms with Crippen molar-refractivity contribution in [1.82, 2.24) is 5.32 Å². The molecule has 0 fully saturated rings. The minimum Gasteiger partial charge on any atom is -0.467 e. The Labute approximate surface area is 127 Å². The third-order valence-corrected chi connectivity index (χ3v) is 3.20. The Balaban J connectivity index is 2.21. The van der Waals surface area contributed by atoms with Gasteiger partial charge in [0.05, 0.1) is 7.11 Å². The van der Waals surface area contributed by atoms with Crippen molar-refractivity contribution in [2.45, 2.75) is 6.04 Å². The van der Waals surface area contributed by atoms with Crippen molar-refractivity contribution in [3.63, 3.8) is 0 Å². The van der Waals surface area contributed by atoms with Gasteiger partial charge < -0.3 is 10.1 Å². The molecule has 0 bridgehead atoms. The molecule has 4 nitrogen and oxygen atoms in total. The van der Waals surface area contributed by atoms with Crippen molar-refractivity contribution >= 4 is 23.5 Å². The normalized spacial score (nSPS) is 11.5. The molecule has 2 aromatic rings. The van der Waals surface area contributed by atoms with Crippen LogP contribution >= 0.6 is 11.6 Å². The molecule has 0 heterocycles. The largest absolute Gasteiger partial charge is 0.467 e. The predicted octanol–water partition coefficient (Wildman–Crippen LogP) is 2.98. The van der Waals surface area contributed by atoms with Crippen LogP contribution in [0.3, 0.4) is 0 Å². The zero-order valence-electron chi connectivity index (χ0n) is 11.4. The minimum atomic E-state index is -0.848. The highest BCUT2D eigenvalue weighted by atomic mass is 35.5. The van der Waals surface area contributed by atoms with Crippen LogP contribution in [0.15, 0.2) is 54.6 Å². The first-order valence-corrected chi connectivity index (χ1v) is 6.69. The van der Waals surface area contributed by atoms with Crippen LogP contribution in [0.25, 0.3) is 0 Å². The van der Waals surface area contributed by atoms with E-state index in [9.17, 15) is 9.59 Å². The minimum absolute atomic E-state index is 0.370. The number of nitrogens with one attached hydrogen (secondary N) is 1. The molecule has 0 spiro atoms. The molecule has 0 radical (unpaired) electrons. The summed E-state index contributed by atoms with van der Waals surface area (Å²) in [6, 6.07) is 14.5. The standard InChI is InChI=1S/C16H14ClNO3/c1-21-16(20)14(11-5-3-2-4-6-11)18-15(19)12-7-9-13(17)10-8-12/h2-10,14H,1H3,(H,18,19). The molecule has 0 aliphatic carbocycles. The molecular weight excluding hydrogens is 290 g/mol. The highest BCUT2D eigenvalue weighted by molar-refractivity contribution is 6.30. The molecule has 108 valence electrons. The first-order chi connectivity index (χ1) is 10.1. The maximum Gasteiger partial charge on any atom is 0.333 e. The van der Waals surface area contributed by atoms with Crippen molar-refractivity contribution in [2.24, 2.45) is 0 Å². The second kappa shape index (κ2) is 6.90. The van der Waals surface area contributed by atoms with E-state index >= 15 is 0 Å². The van der Waals surface area contributed by atoms with Gasteiger partial charge in [0.2, 0.25) is 0 Å². The number of hydrogen-bond donors (Lipinski definition) is 1. The third-order valence-electron chi connectivity index (χ3n) is 2.95. The van der Waals surface area contributed by atoms with Crippen molar-refractivity contribution in [3.8, 4) is 0 Å². The number of amides is 1. The van der Waals surface area contributed by atoms with Gasteiger partial charge in [-0.2, -0.15) is 0 Å². The average molecular weight is 304 g/mol. The lowest BCUT2D eigenvalue weighted by Gasteiger charge is -2.16. The Bertz CT molecular complexity index is 626. The summed E-state index contributed by atoms with van der Waals surface area (Å²) >= 11 is 5.79. The van der Waals surface area contributed by atoms with Crippen LogP contribution < -0.4 is 5.32 Å². The Morgan fingerprint density at radius 1 is 1.05 bits per heavy atom. The Morgan fingerprint density at radius 3 is 2.24 bits per heavy atom. The van der Waals surface area contributed by atoms with Gasteiger partial charge in [-0.25, -0.2) is 4.79 Å². The molecule has 0 saturated heterocycles. The van der Waals surface area contributed by atoms with Gasteiger partial charge >= 0.3 is 5.97 Å². The van der Waals surface area contributed by atoms with E-state index in [2.05, 4.69) is 5.32 Å². The van der Waals surface area contributed by atoms with E-state index in [-0.39, 0.29) is 5.91 Å². The molecule has 1 atom stereocenters. The third kappa shape index (κ3) is 3.83. The maximum atomic E-state index is 12.2. The van der Waals surface area contributed by atoms with Crippen LogP contribution in [0.1, 0.15) is 22.0 Å². The van der Waals surface area contributed by atoms with Gasteiger partial charge in [-0.15, -0.1) is 0 Å². The highest BCUT2D eigenvalue weighted by Crippen LogP contribution is 2.16. The number of benzene rings is 2. The number of halogens is 1. The van der Waals surface area contributed by atoms with Crippen LogP contribution in [0.5, 0.6) is 0 Å². The lowest BCUT2D eigenvalue weighted by Crippen LogP contribution is -2.34. The van der Waals surface area contributed by atoms with Crippen molar-refractivity contribution in [1.29, 1.82) is 0 Å². The zero-order chi connectivity index (χ0) is 15.2. The van der Waals surface area contributed by atoms with Gasteiger partial charge in [0.15, 0.2) is 6.04 Å². The van der Waals surface area contributed by atoms with Crippen LogP contribution in [0.2, 0.25) is 5.02 Å². The number of carbonyl (C=O) groups is 2. The van der Waals surface area contributed by atoms with E-state index in [1.807, 2.05) is 6.07 Å². The lowest BCUT2D eigenvalue weighted by atomic mass is 10.1. The Hall–Kier alpha value is -2.33. The molecule has 1 N–H and O–H groups in total. The van der Waals surface area contributed by atoms with E-state index < -0.39 is 12.0 Å². The van der Waals surface area contributed by atoms with E-state index in [0.717, 1.165) is 0 Å². The van der Waals surface area contributed by atoms with Crippen molar-refractivity contribution in [3.05, 3.63) is 70.7 Å². The molecule has 0 aliphatic heterocycles. The van der Waals surface area contributed by atoms with E-state index in [1.54, 1.807) is 48.5 Å². The predicted molar refractivity (Wildman–Crippen MR) is 80.1 cm³/mol. The molecule has 0 aliphatic rings. The molecule has 21 heavy (non-hydrogen) atoms. The van der Waals surface area contributed by atoms with Crippen LogP contribution in [0.4, 0.5) is 0 Å². The van der Waals surface area contributed by atoms with E-state index in [0.29, 0.717) is 16.1 Å². The maximum absolute atomic E-state index is 12.2. The van der Waals surface area contributed by atoms with E-state index in [1.165, 1.54) is 7.11 Å². The monoisotopic (exact) mass is 303 g/mol. The van der Waals surface area contributed by atoms with Gasteiger partial charge in [0, 0.05) is 10.6 Å². The quantitative estimate of drug-likeness (QED) is 0.883.